The summed E-state index contributed by atoms with van der Waals surface area (Å²) in [5.41, 5.74) is -0.00426. The number of likely N-dealkylation sites (N-methyl/N-ethyl adjacent to an activating group) is 1. The summed E-state index contributed by atoms with van der Waals surface area (Å²) in [4.78, 5) is 13.1. The first kappa shape index (κ1) is 17.3. The Labute approximate surface area is 153 Å². The molecule has 7 nitrogen and oxygen atoms in total. The maximum Gasteiger partial charge on any atom is 0.218 e. The second-order valence-electron chi connectivity index (χ2n) is 7.25. The third-order valence-electron chi connectivity index (χ3n) is 5.63. The minimum atomic E-state index is -0.00426. The smallest absolute Gasteiger partial charge is 0.218 e. The molecule has 4 rings (SSSR count). The molecule has 0 aliphatic carbocycles. The molecule has 4 heterocycles. The monoisotopic (exact) mass is 358 g/mol. The Kier molecular flexibility index (Phi) is 4.82. The van der Waals surface area contributed by atoms with Crippen molar-refractivity contribution in [3.05, 3.63) is 36.5 Å². The van der Waals surface area contributed by atoms with E-state index in [9.17, 15) is 0 Å². The number of anilines is 1. The van der Waals surface area contributed by atoms with Crippen LogP contribution in [0.1, 0.15) is 25.0 Å². The zero-order valence-corrected chi connectivity index (χ0v) is 15.4. The third kappa shape index (κ3) is 3.54. The number of methoxy groups -OCH3 is 1. The fourth-order valence-electron chi connectivity index (χ4n) is 3.99. The van der Waals surface area contributed by atoms with E-state index in [1.54, 1.807) is 19.7 Å². The molecule has 2 aliphatic rings. The van der Waals surface area contributed by atoms with Crippen molar-refractivity contribution < 1.29 is 13.9 Å². The second kappa shape index (κ2) is 7.25. The summed E-state index contributed by atoms with van der Waals surface area (Å²) in [6.07, 6.45) is 6.40. The molecule has 0 aromatic carbocycles. The van der Waals surface area contributed by atoms with Gasteiger partial charge in [-0.1, -0.05) is 0 Å². The van der Waals surface area contributed by atoms with Crippen molar-refractivity contribution >= 4 is 5.82 Å². The molecule has 0 radical (unpaired) electrons. The summed E-state index contributed by atoms with van der Waals surface area (Å²) >= 11 is 0. The molecule has 0 unspecified atom stereocenters. The standard InChI is InChI=1S/C19H26N4O3/c1-22(12-16-4-3-9-25-16)15-11-19(26-13-15)5-7-23(8-6-19)17-10-18(24-2)21-14-20-17/h3-4,9-10,14-15H,5-8,11-13H2,1-2H3/t15-/m0/s1. The molecule has 140 valence electrons. The number of aromatic nitrogens is 2. The normalized spacial score (nSPS) is 22.3. The molecule has 2 aliphatic heterocycles. The molecule has 0 bridgehead atoms. The van der Waals surface area contributed by atoms with E-state index < -0.39 is 0 Å². The molecule has 26 heavy (non-hydrogen) atoms. The van der Waals surface area contributed by atoms with Gasteiger partial charge in [-0.25, -0.2) is 9.97 Å². The lowest BCUT2D eigenvalue weighted by atomic mass is 9.87. The van der Waals surface area contributed by atoms with Crippen molar-refractivity contribution in [2.24, 2.45) is 0 Å². The number of ether oxygens (including phenoxy) is 2. The second-order valence-corrected chi connectivity index (χ2v) is 7.25. The topological polar surface area (TPSA) is 63.9 Å². The van der Waals surface area contributed by atoms with Gasteiger partial charge in [-0.05, 0) is 38.4 Å². The molecule has 1 spiro atoms. The highest BCUT2D eigenvalue weighted by Crippen LogP contribution is 2.38. The summed E-state index contributed by atoms with van der Waals surface area (Å²) in [5, 5.41) is 0. The molecule has 2 aromatic rings. The summed E-state index contributed by atoms with van der Waals surface area (Å²) < 4.78 is 17.0. The van der Waals surface area contributed by atoms with Crippen LogP contribution in [0.25, 0.3) is 0 Å². The number of hydrogen-bond acceptors (Lipinski definition) is 7. The van der Waals surface area contributed by atoms with E-state index >= 15 is 0 Å². The summed E-state index contributed by atoms with van der Waals surface area (Å²) in [7, 11) is 3.78. The zero-order chi connectivity index (χ0) is 18.0. The van der Waals surface area contributed by atoms with Gasteiger partial charge in [-0.2, -0.15) is 0 Å². The van der Waals surface area contributed by atoms with E-state index in [1.165, 1.54) is 0 Å². The van der Waals surface area contributed by atoms with E-state index in [-0.39, 0.29) is 5.60 Å². The third-order valence-corrected chi connectivity index (χ3v) is 5.63. The average molecular weight is 358 g/mol. The number of piperidine rings is 1. The average Bonchev–Trinajstić information content (AvgIpc) is 3.33. The first-order valence-corrected chi connectivity index (χ1v) is 9.15. The summed E-state index contributed by atoms with van der Waals surface area (Å²) in [6.45, 7) is 3.49. The first-order valence-electron chi connectivity index (χ1n) is 9.15. The van der Waals surface area contributed by atoms with Gasteiger partial charge in [0.2, 0.25) is 5.88 Å². The highest BCUT2D eigenvalue weighted by molar-refractivity contribution is 5.41. The van der Waals surface area contributed by atoms with E-state index in [0.717, 1.165) is 57.1 Å². The van der Waals surface area contributed by atoms with Gasteiger partial charge in [-0.15, -0.1) is 0 Å². The van der Waals surface area contributed by atoms with Gasteiger partial charge in [-0.3, -0.25) is 4.90 Å². The molecule has 2 aromatic heterocycles. The van der Waals surface area contributed by atoms with Crippen molar-refractivity contribution in [1.82, 2.24) is 14.9 Å². The lowest BCUT2D eigenvalue weighted by molar-refractivity contribution is -0.0158. The summed E-state index contributed by atoms with van der Waals surface area (Å²) in [6, 6.07) is 6.29. The van der Waals surface area contributed by atoms with Gasteiger partial charge in [0.15, 0.2) is 0 Å². The number of nitrogens with zero attached hydrogens (tertiary/aromatic N) is 4. The van der Waals surface area contributed by atoms with Crippen LogP contribution < -0.4 is 9.64 Å². The van der Waals surface area contributed by atoms with Crippen LogP contribution in [0, 0.1) is 0 Å². The first-order chi connectivity index (χ1) is 12.7. The lowest BCUT2D eigenvalue weighted by Crippen LogP contribution is -2.45. The Hall–Kier alpha value is -2.12. The molecule has 0 saturated carbocycles. The highest BCUT2D eigenvalue weighted by Gasteiger charge is 2.44. The van der Waals surface area contributed by atoms with Gasteiger partial charge in [0.1, 0.15) is 17.9 Å². The maximum atomic E-state index is 6.31. The fraction of sp³-hybridized carbons (Fsp3) is 0.579. The van der Waals surface area contributed by atoms with Crippen molar-refractivity contribution in [1.29, 1.82) is 0 Å². The largest absolute Gasteiger partial charge is 0.481 e. The molecule has 7 heteroatoms. The van der Waals surface area contributed by atoms with Gasteiger partial charge >= 0.3 is 0 Å². The zero-order valence-electron chi connectivity index (χ0n) is 15.4. The van der Waals surface area contributed by atoms with Gasteiger partial charge < -0.3 is 18.8 Å². The number of furan rings is 1. The van der Waals surface area contributed by atoms with Crippen molar-refractivity contribution in [3.8, 4) is 5.88 Å². The van der Waals surface area contributed by atoms with E-state index in [4.69, 9.17) is 13.9 Å². The van der Waals surface area contributed by atoms with Crippen LogP contribution in [0.2, 0.25) is 0 Å². The Balaban J connectivity index is 1.34. The Morgan fingerprint density at radius 2 is 2.19 bits per heavy atom. The Morgan fingerprint density at radius 3 is 2.92 bits per heavy atom. The van der Waals surface area contributed by atoms with Crippen molar-refractivity contribution in [2.45, 2.75) is 37.5 Å². The SMILES string of the molecule is COc1cc(N2CCC3(CC2)C[C@H](N(C)Cc2ccco2)CO3)ncn1. The van der Waals surface area contributed by atoms with Gasteiger partial charge in [0, 0.05) is 25.2 Å². The Morgan fingerprint density at radius 1 is 1.35 bits per heavy atom. The minimum absolute atomic E-state index is 0.00426. The van der Waals surface area contributed by atoms with Crippen LogP contribution in [-0.2, 0) is 11.3 Å². The fourth-order valence-corrected chi connectivity index (χ4v) is 3.99. The summed E-state index contributed by atoms with van der Waals surface area (Å²) in [5.74, 6) is 2.53. The van der Waals surface area contributed by atoms with Crippen molar-refractivity contribution in [3.63, 3.8) is 0 Å². The van der Waals surface area contributed by atoms with Crippen LogP contribution in [0.5, 0.6) is 5.88 Å². The van der Waals surface area contributed by atoms with Crippen LogP contribution in [0.15, 0.2) is 35.2 Å². The minimum Gasteiger partial charge on any atom is -0.481 e. The highest BCUT2D eigenvalue weighted by atomic mass is 16.5. The molecular weight excluding hydrogens is 332 g/mol. The molecule has 2 saturated heterocycles. The van der Waals surface area contributed by atoms with Crippen LogP contribution in [0.3, 0.4) is 0 Å². The number of hydrogen-bond donors (Lipinski definition) is 0. The molecule has 0 amide bonds. The molecule has 2 fully saturated rings. The van der Waals surface area contributed by atoms with E-state index in [0.29, 0.717) is 11.9 Å². The van der Waals surface area contributed by atoms with E-state index in [1.807, 2.05) is 18.2 Å². The van der Waals surface area contributed by atoms with Crippen LogP contribution >= 0.6 is 0 Å². The maximum absolute atomic E-state index is 6.31. The quantitative estimate of drug-likeness (QED) is 0.813. The predicted octanol–water partition coefficient (Wildman–Crippen LogP) is 2.34. The van der Waals surface area contributed by atoms with Crippen LogP contribution in [0.4, 0.5) is 5.82 Å². The van der Waals surface area contributed by atoms with Crippen molar-refractivity contribution in [2.75, 3.05) is 38.8 Å². The van der Waals surface area contributed by atoms with E-state index in [2.05, 4.69) is 26.8 Å². The molecule has 1 atom stereocenters. The van der Waals surface area contributed by atoms with Crippen LogP contribution in [-0.4, -0.2) is 60.4 Å². The van der Waals surface area contributed by atoms with Gasteiger partial charge in [0.05, 0.1) is 32.1 Å². The Bertz CT molecular complexity index is 713. The predicted molar refractivity (Wildman–Crippen MR) is 97.3 cm³/mol. The molecular formula is C19H26N4O3. The molecule has 0 N–H and O–H groups in total. The lowest BCUT2D eigenvalue weighted by Gasteiger charge is -2.39. The van der Waals surface area contributed by atoms with Gasteiger partial charge in [0.25, 0.3) is 0 Å². The number of rotatable bonds is 5.